The zero-order valence-electron chi connectivity index (χ0n) is 12.0. The molecule has 1 amide bonds. The maximum absolute atomic E-state index is 12.4. The first-order valence-electron chi connectivity index (χ1n) is 6.79. The maximum atomic E-state index is 12.4. The molecule has 0 aliphatic rings. The largest absolute Gasteiger partial charge is 0.506 e. The SMILES string of the molecule is CCc1cc2c(=O)n(NC(=O)c3ccc(O)c(Cl)c3)cnc2s1. The van der Waals surface area contributed by atoms with Gasteiger partial charge >= 0.3 is 0 Å². The molecular formula is C15H12ClN3O3S. The number of halogens is 1. The van der Waals surface area contributed by atoms with Crippen LogP contribution in [0.5, 0.6) is 5.75 Å². The van der Waals surface area contributed by atoms with Crippen molar-refractivity contribution >= 4 is 39.1 Å². The van der Waals surface area contributed by atoms with E-state index in [2.05, 4.69) is 10.4 Å². The molecule has 6 nitrogen and oxygen atoms in total. The average Bonchev–Trinajstić information content (AvgIpc) is 2.97. The molecule has 23 heavy (non-hydrogen) atoms. The van der Waals surface area contributed by atoms with Gasteiger partial charge in [-0.1, -0.05) is 18.5 Å². The first kappa shape index (κ1) is 15.5. The molecular weight excluding hydrogens is 338 g/mol. The highest BCUT2D eigenvalue weighted by atomic mass is 35.5. The predicted molar refractivity (Wildman–Crippen MR) is 90.1 cm³/mol. The fourth-order valence-electron chi connectivity index (χ4n) is 2.05. The molecule has 1 aromatic carbocycles. The van der Waals surface area contributed by atoms with E-state index < -0.39 is 5.91 Å². The number of aromatic hydroxyl groups is 1. The van der Waals surface area contributed by atoms with Crippen LogP contribution in [0.4, 0.5) is 0 Å². The molecule has 118 valence electrons. The Morgan fingerprint density at radius 1 is 1.43 bits per heavy atom. The van der Waals surface area contributed by atoms with E-state index in [1.54, 1.807) is 6.07 Å². The minimum absolute atomic E-state index is 0.0593. The van der Waals surface area contributed by atoms with Crippen LogP contribution >= 0.6 is 22.9 Å². The van der Waals surface area contributed by atoms with Gasteiger partial charge in [0.2, 0.25) is 0 Å². The molecule has 0 aliphatic heterocycles. The summed E-state index contributed by atoms with van der Waals surface area (Å²) in [7, 11) is 0. The van der Waals surface area contributed by atoms with Gasteiger partial charge in [0.15, 0.2) is 0 Å². The van der Waals surface area contributed by atoms with Gasteiger partial charge in [0, 0.05) is 10.4 Å². The number of phenols is 1. The van der Waals surface area contributed by atoms with Crippen LogP contribution in [0.15, 0.2) is 35.4 Å². The molecule has 0 bridgehead atoms. The number of carbonyl (C=O) groups excluding carboxylic acids is 1. The Morgan fingerprint density at radius 2 is 2.22 bits per heavy atom. The van der Waals surface area contributed by atoms with Crippen LogP contribution in [-0.2, 0) is 6.42 Å². The number of nitrogens with zero attached hydrogens (tertiary/aromatic N) is 2. The summed E-state index contributed by atoms with van der Waals surface area (Å²) in [6.45, 7) is 2.00. The van der Waals surface area contributed by atoms with Gasteiger partial charge in [0.05, 0.1) is 10.4 Å². The first-order valence-corrected chi connectivity index (χ1v) is 7.99. The Morgan fingerprint density at radius 3 is 2.91 bits per heavy atom. The molecule has 3 rings (SSSR count). The highest BCUT2D eigenvalue weighted by Crippen LogP contribution is 2.24. The number of fused-ring (bicyclic) bond motifs is 1. The molecule has 0 radical (unpaired) electrons. The van der Waals surface area contributed by atoms with Gasteiger partial charge < -0.3 is 5.11 Å². The standard InChI is InChI=1S/C15H12ClN3O3S/c1-2-9-6-10-14(23-9)17-7-19(15(10)22)18-13(21)8-3-4-12(20)11(16)5-8/h3-7,20H,2H2,1H3,(H,18,21). The van der Waals surface area contributed by atoms with Gasteiger partial charge in [-0.15, -0.1) is 11.3 Å². The third-order valence-corrected chi connectivity index (χ3v) is 4.77. The van der Waals surface area contributed by atoms with Crippen molar-refractivity contribution < 1.29 is 9.90 Å². The maximum Gasteiger partial charge on any atom is 0.280 e. The molecule has 0 unspecified atom stereocenters. The molecule has 0 saturated heterocycles. The number of hydrogen-bond acceptors (Lipinski definition) is 5. The fourth-order valence-corrected chi connectivity index (χ4v) is 3.15. The quantitative estimate of drug-likeness (QED) is 0.761. The zero-order chi connectivity index (χ0) is 16.6. The van der Waals surface area contributed by atoms with Gasteiger partial charge in [-0.3, -0.25) is 15.0 Å². The second-order valence-electron chi connectivity index (χ2n) is 4.81. The molecule has 0 saturated carbocycles. The number of thiophene rings is 1. The van der Waals surface area contributed by atoms with Crippen molar-refractivity contribution in [2.24, 2.45) is 0 Å². The van der Waals surface area contributed by atoms with Crippen molar-refractivity contribution in [1.82, 2.24) is 9.66 Å². The van der Waals surface area contributed by atoms with Crippen LogP contribution in [0.3, 0.4) is 0 Å². The Balaban J connectivity index is 1.94. The summed E-state index contributed by atoms with van der Waals surface area (Å²) in [4.78, 5) is 30.5. The number of benzene rings is 1. The van der Waals surface area contributed by atoms with E-state index in [0.29, 0.717) is 10.2 Å². The third-order valence-electron chi connectivity index (χ3n) is 3.28. The topological polar surface area (TPSA) is 84.2 Å². The summed E-state index contributed by atoms with van der Waals surface area (Å²) in [5.41, 5.74) is 2.34. The molecule has 8 heteroatoms. The van der Waals surface area contributed by atoms with Crippen LogP contribution in [0.2, 0.25) is 5.02 Å². The fraction of sp³-hybridized carbons (Fsp3) is 0.133. The van der Waals surface area contributed by atoms with Gasteiger partial charge in [-0.25, -0.2) is 9.66 Å². The average molecular weight is 350 g/mol. The molecule has 0 aliphatic carbocycles. The summed E-state index contributed by atoms with van der Waals surface area (Å²) in [5.74, 6) is -0.644. The molecule has 2 heterocycles. The van der Waals surface area contributed by atoms with Crippen molar-refractivity contribution in [3.63, 3.8) is 0 Å². The number of rotatable bonds is 3. The van der Waals surface area contributed by atoms with E-state index in [4.69, 9.17) is 11.6 Å². The zero-order valence-corrected chi connectivity index (χ0v) is 13.6. The van der Waals surface area contributed by atoms with E-state index in [-0.39, 0.29) is 21.9 Å². The smallest absolute Gasteiger partial charge is 0.280 e. The molecule has 0 spiro atoms. The predicted octanol–water partition coefficient (Wildman–Crippen LogP) is 2.76. The Kier molecular flexibility index (Phi) is 4.06. The van der Waals surface area contributed by atoms with Crippen LogP contribution in [0.25, 0.3) is 10.2 Å². The monoisotopic (exact) mass is 349 g/mol. The van der Waals surface area contributed by atoms with Gasteiger partial charge in [0.1, 0.15) is 16.9 Å². The molecule has 0 atom stereocenters. The Hall–Kier alpha value is -2.38. The second kappa shape index (κ2) is 6.02. The lowest BCUT2D eigenvalue weighted by molar-refractivity contribution is 0.101. The minimum atomic E-state index is -0.527. The van der Waals surface area contributed by atoms with Gasteiger partial charge in [-0.05, 0) is 30.7 Å². The Labute approximate surface area is 139 Å². The lowest BCUT2D eigenvalue weighted by atomic mass is 10.2. The van der Waals surface area contributed by atoms with Crippen molar-refractivity contribution in [3.05, 3.63) is 56.4 Å². The summed E-state index contributed by atoms with van der Waals surface area (Å²) >= 11 is 7.24. The normalized spacial score (nSPS) is 10.9. The number of amides is 1. The van der Waals surface area contributed by atoms with Crippen molar-refractivity contribution in [3.8, 4) is 5.75 Å². The van der Waals surface area contributed by atoms with Crippen LogP contribution in [0, 0.1) is 0 Å². The van der Waals surface area contributed by atoms with Crippen LogP contribution in [-0.4, -0.2) is 20.7 Å². The van der Waals surface area contributed by atoms with Crippen molar-refractivity contribution in [2.45, 2.75) is 13.3 Å². The number of aromatic nitrogens is 2. The number of hydrogen-bond donors (Lipinski definition) is 2. The molecule has 3 aromatic rings. The third kappa shape index (κ3) is 2.93. The van der Waals surface area contributed by atoms with Gasteiger partial charge in [0.25, 0.3) is 11.5 Å². The number of nitrogens with one attached hydrogen (secondary N) is 1. The summed E-state index contributed by atoms with van der Waals surface area (Å²) in [6.07, 6.45) is 2.10. The Bertz CT molecular complexity index is 964. The minimum Gasteiger partial charge on any atom is -0.506 e. The number of phenolic OH excluding ortho intramolecular Hbond substituents is 1. The van der Waals surface area contributed by atoms with E-state index in [9.17, 15) is 14.7 Å². The lowest BCUT2D eigenvalue weighted by Crippen LogP contribution is -2.33. The van der Waals surface area contributed by atoms with Crippen molar-refractivity contribution in [1.29, 1.82) is 0 Å². The molecule has 0 fully saturated rings. The lowest BCUT2D eigenvalue weighted by Gasteiger charge is -2.08. The summed E-state index contributed by atoms with van der Waals surface area (Å²) in [6, 6.07) is 5.83. The molecule has 2 N–H and O–H groups in total. The number of carbonyl (C=O) groups is 1. The summed E-state index contributed by atoms with van der Waals surface area (Å²) < 4.78 is 1.04. The van der Waals surface area contributed by atoms with E-state index in [0.717, 1.165) is 16.0 Å². The first-order chi connectivity index (χ1) is 11.0. The van der Waals surface area contributed by atoms with Crippen LogP contribution in [0.1, 0.15) is 22.2 Å². The van der Waals surface area contributed by atoms with E-state index >= 15 is 0 Å². The van der Waals surface area contributed by atoms with E-state index in [1.165, 1.54) is 35.9 Å². The second-order valence-corrected chi connectivity index (χ2v) is 6.33. The highest BCUT2D eigenvalue weighted by molar-refractivity contribution is 7.18. The van der Waals surface area contributed by atoms with Gasteiger partial charge in [-0.2, -0.15) is 0 Å². The van der Waals surface area contributed by atoms with E-state index in [1.807, 2.05) is 6.92 Å². The summed E-state index contributed by atoms with van der Waals surface area (Å²) in [5, 5.41) is 9.91. The highest BCUT2D eigenvalue weighted by Gasteiger charge is 2.12. The van der Waals surface area contributed by atoms with Crippen molar-refractivity contribution in [2.75, 3.05) is 5.43 Å². The number of aryl methyl sites for hydroxylation is 1. The molecule has 2 aromatic heterocycles. The van der Waals surface area contributed by atoms with Crippen LogP contribution < -0.4 is 11.0 Å².